The Morgan fingerprint density at radius 2 is 2.03 bits per heavy atom. The molecule has 0 radical (unpaired) electrons. The molecule has 8 heteroatoms. The van der Waals surface area contributed by atoms with Crippen LogP contribution in [-0.4, -0.2) is 33.4 Å². The highest BCUT2D eigenvalue weighted by Crippen LogP contribution is 2.37. The van der Waals surface area contributed by atoms with E-state index in [0.29, 0.717) is 30.5 Å². The molecule has 0 amide bonds. The molecule has 29 heavy (non-hydrogen) atoms. The Bertz CT molecular complexity index is 1240. The number of fused-ring (bicyclic) bond motifs is 1. The van der Waals surface area contributed by atoms with Gasteiger partial charge in [-0.15, -0.1) is 0 Å². The molecule has 1 aliphatic carbocycles. The summed E-state index contributed by atoms with van der Waals surface area (Å²) in [5.41, 5.74) is 10.8. The first kappa shape index (κ1) is 16.6. The van der Waals surface area contributed by atoms with E-state index < -0.39 is 6.17 Å². The number of nitrogens with two attached hydrogens (primary N) is 1. The fourth-order valence-corrected chi connectivity index (χ4v) is 4.25. The molecule has 3 N–H and O–H groups in total. The number of oxazole rings is 1. The van der Waals surface area contributed by atoms with Gasteiger partial charge in [-0.05, 0) is 43.5 Å². The molecule has 2 aliphatic rings. The van der Waals surface area contributed by atoms with E-state index in [0.717, 1.165) is 46.8 Å². The Morgan fingerprint density at radius 1 is 1.14 bits per heavy atom. The minimum absolute atomic E-state index is 0.154. The Balaban J connectivity index is 1.48. The van der Waals surface area contributed by atoms with Crippen LogP contribution in [0.5, 0.6) is 5.75 Å². The summed E-state index contributed by atoms with van der Waals surface area (Å²) in [6, 6.07) is 10.1. The second-order valence-electron chi connectivity index (χ2n) is 7.78. The van der Waals surface area contributed by atoms with Gasteiger partial charge in [0.15, 0.2) is 5.58 Å². The van der Waals surface area contributed by atoms with Crippen molar-refractivity contribution in [1.82, 2.24) is 14.5 Å². The lowest BCUT2D eigenvalue weighted by molar-refractivity contribution is 0.192. The van der Waals surface area contributed by atoms with E-state index in [9.17, 15) is 4.39 Å². The standard InChI is InChI=1S/C21H20FN5O2/c22-12-7-13(8-12)24-14-9-16-19-18(10-14)28-5-1-4-27(19)20(25-16)11-2-3-17-15(6-11)26-21(23)29-17/h2-3,6,9-10,12-13,24H,1,4-5,7-8H2,(H2,23,26)/t12-,13-. The fraction of sp³-hybridized carbons (Fsp3) is 0.333. The molecule has 0 bridgehead atoms. The summed E-state index contributed by atoms with van der Waals surface area (Å²) in [4.78, 5) is 9.15. The highest BCUT2D eigenvalue weighted by molar-refractivity contribution is 5.90. The van der Waals surface area contributed by atoms with Crippen molar-refractivity contribution in [3.8, 4) is 17.1 Å². The van der Waals surface area contributed by atoms with Crippen LogP contribution < -0.4 is 15.8 Å². The number of hydrogen-bond donors (Lipinski definition) is 2. The lowest BCUT2D eigenvalue weighted by Gasteiger charge is -2.31. The number of benzene rings is 2. The smallest absolute Gasteiger partial charge is 0.292 e. The second-order valence-corrected chi connectivity index (χ2v) is 7.78. The number of nitrogens with zero attached hydrogens (tertiary/aromatic N) is 3. The summed E-state index contributed by atoms with van der Waals surface area (Å²) in [7, 11) is 0. The molecule has 1 aliphatic heterocycles. The van der Waals surface area contributed by atoms with Gasteiger partial charge in [-0.2, -0.15) is 4.98 Å². The van der Waals surface area contributed by atoms with E-state index in [1.54, 1.807) is 0 Å². The van der Waals surface area contributed by atoms with Crippen molar-refractivity contribution in [3.63, 3.8) is 0 Å². The zero-order valence-electron chi connectivity index (χ0n) is 15.7. The van der Waals surface area contributed by atoms with Crippen LogP contribution in [0.4, 0.5) is 16.1 Å². The van der Waals surface area contributed by atoms with Crippen LogP contribution in [0.25, 0.3) is 33.5 Å². The van der Waals surface area contributed by atoms with Crippen LogP contribution in [0.15, 0.2) is 34.7 Å². The molecular weight excluding hydrogens is 373 g/mol. The van der Waals surface area contributed by atoms with Gasteiger partial charge in [-0.3, -0.25) is 0 Å². The van der Waals surface area contributed by atoms with Crippen molar-refractivity contribution < 1.29 is 13.5 Å². The van der Waals surface area contributed by atoms with Crippen molar-refractivity contribution in [3.05, 3.63) is 30.3 Å². The molecule has 2 aromatic carbocycles. The third-order valence-electron chi connectivity index (χ3n) is 5.70. The molecule has 6 rings (SSSR count). The number of rotatable bonds is 3. The van der Waals surface area contributed by atoms with Crippen molar-refractivity contribution in [2.75, 3.05) is 17.7 Å². The molecule has 0 saturated heterocycles. The first-order valence-corrected chi connectivity index (χ1v) is 9.88. The monoisotopic (exact) mass is 393 g/mol. The average Bonchev–Trinajstić information content (AvgIpc) is 3.14. The maximum absolute atomic E-state index is 13.2. The van der Waals surface area contributed by atoms with E-state index in [4.69, 9.17) is 19.9 Å². The normalized spacial score (nSPS) is 21.0. The highest BCUT2D eigenvalue weighted by atomic mass is 19.1. The lowest BCUT2D eigenvalue weighted by Crippen LogP contribution is -2.36. The largest absolute Gasteiger partial charge is 0.491 e. The molecular formula is C21H20FN5O2. The minimum Gasteiger partial charge on any atom is -0.491 e. The van der Waals surface area contributed by atoms with Crippen molar-refractivity contribution in [2.24, 2.45) is 0 Å². The van der Waals surface area contributed by atoms with E-state index in [2.05, 4.69) is 14.9 Å². The number of alkyl halides is 1. The number of halogens is 1. The number of imidazole rings is 1. The molecule has 148 valence electrons. The van der Waals surface area contributed by atoms with Gasteiger partial charge >= 0.3 is 0 Å². The van der Waals surface area contributed by atoms with Gasteiger partial charge in [-0.25, -0.2) is 9.37 Å². The van der Waals surface area contributed by atoms with Crippen LogP contribution in [0, 0.1) is 0 Å². The van der Waals surface area contributed by atoms with Gasteiger partial charge in [0.1, 0.15) is 28.8 Å². The molecule has 7 nitrogen and oxygen atoms in total. The van der Waals surface area contributed by atoms with Crippen LogP contribution in [0.2, 0.25) is 0 Å². The zero-order chi connectivity index (χ0) is 19.5. The molecule has 0 unspecified atom stereocenters. The summed E-state index contributed by atoms with van der Waals surface area (Å²) in [6.07, 6.45) is 1.30. The molecule has 4 aromatic rings. The zero-order valence-corrected chi connectivity index (χ0v) is 15.7. The molecule has 1 fully saturated rings. The summed E-state index contributed by atoms with van der Waals surface area (Å²) in [6.45, 7) is 1.46. The third kappa shape index (κ3) is 2.70. The molecule has 1 saturated carbocycles. The highest BCUT2D eigenvalue weighted by Gasteiger charge is 2.29. The van der Waals surface area contributed by atoms with Gasteiger partial charge < -0.3 is 24.8 Å². The number of nitrogen functional groups attached to an aromatic ring is 1. The van der Waals surface area contributed by atoms with Gasteiger partial charge in [0.05, 0.1) is 12.1 Å². The van der Waals surface area contributed by atoms with Crippen LogP contribution >= 0.6 is 0 Å². The Hall–Kier alpha value is -3.29. The van der Waals surface area contributed by atoms with Crippen molar-refractivity contribution >= 4 is 33.8 Å². The van der Waals surface area contributed by atoms with Crippen LogP contribution in [0.3, 0.4) is 0 Å². The first-order valence-electron chi connectivity index (χ1n) is 9.88. The molecule has 3 heterocycles. The van der Waals surface area contributed by atoms with E-state index in [1.165, 1.54) is 0 Å². The summed E-state index contributed by atoms with van der Waals surface area (Å²) in [5, 5.41) is 3.41. The third-order valence-corrected chi connectivity index (χ3v) is 5.70. The Labute approximate surface area is 165 Å². The minimum atomic E-state index is -0.694. The predicted molar refractivity (Wildman–Crippen MR) is 109 cm³/mol. The summed E-state index contributed by atoms with van der Waals surface area (Å²) in [5.74, 6) is 1.67. The predicted octanol–water partition coefficient (Wildman–Crippen LogP) is 4.12. The molecule has 2 aromatic heterocycles. The number of anilines is 2. The fourth-order valence-electron chi connectivity index (χ4n) is 4.25. The topological polar surface area (TPSA) is 91.1 Å². The van der Waals surface area contributed by atoms with E-state index >= 15 is 0 Å². The second kappa shape index (κ2) is 6.10. The quantitative estimate of drug-likeness (QED) is 0.544. The Kier molecular flexibility index (Phi) is 3.50. The van der Waals surface area contributed by atoms with Gasteiger partial charge in [0.25, 0.3) is 6.01 Å². The van der Waals surface area contributed by atoms with Gasteiger partial charge in [0, 0.05) is 29.9 Å². The number of aryl methyl sites for hydroxylation is 1. The number of nitrogens with one attached hydrogen (secondary N) is 1. The Morgan fingerprint density at radius 3 is 2.90 bits per heavy atom. The maximum atomic E-state index is 13.2. The number of hydrogen-bond acceptors (Lipinski definition) is 6. The summed E-state index contributed by atoms with van der Waals surface area (Å²) < 4.78 is 26.8. The van der Waals surface area contributed by atoms with Crippen molar-refractivity contribution in [2.45, 2.75) is 38.0 Å². The van der Waals surface area contributed by atoms with E-state index in [-0.39, 0.29) is 12.1 Å². The average molecular weight is 393 g/mol. The molecule has 0 spiro atoms. The number of ether oxygens (including phenoxy) is 1. The van der Waals surface area contributed by atoms with Crippen LogP contribution in [0.1, 0.15) is 19.3 Å². The first-order chi connectivity index (χ1) is 14.1. The van der Waals surface area contributed by atoms with Gasteiger partial charge in [-0.1, -0.05) is 0 Å². The molecule has 0 atom stereocenters. The maximum Gasteiger partial charge on any atom is 0.292 e. The van der Waals surface area contributed by atoms with E-state index in [1.807, 2.05) is 30.3 Å². The van der Waals surface area contributed by atoms with Crippen molar-refractivity contribution in [1.29, 1.82) is 0 Å². The lowest BCUT2D eigenvalue weighted by atomic mass is 9.90. The van der Waals surface area contributed by atoms with Crippen LogP contribution in [-0.2, 0) is 6.54 Å². The summed E-state index contributed by atoms with van der Waals surface area (Å²) >= 11 is 0. The SMILES string of the molecule is Nc1nc2cc(-c3nc4cc(N[C@H]5C[C@H](F)C5)cc5c4n3CCCO5)ccc2o1. The number of aromatic nitrogens is 3. The van der Waals surface area contributed by atoms with Gasteiger partial charge in [0.2, 0.25) is 0 Å².